The summed E-state index contributed by atoms with van der Waals surface area (Å²) >= 11 is 0. The molecule has 0 radical (unpaired) electrons. The Morgan fingerprint density at radius 3 is 2.92 bits per heavy atom. The Bertz CT molecular complexity index is 381. The first-order chi connectivity index (χ1) is 6.16. The van der Waals surface area contributed by atoms with Crippen LogP contribution in [0.25, 0.3) is 12.3 Å². The summed E-state index contributed by atoms with van der Waals surface area (Å²) in [5.74, 6) is 0.393. The van der Waals surface area contributed by atoms with Crippen LogP contribution in [-0.4, -0.2) is 4.98 Å². The Labute approximate surface area is 78.8 Å². The van der Waals surface area contributed by atoms with Gasteiger partial charge in [-0.05, 0) is 24.5 Å². The molecule has 2 N–H and O–H groups in total. The second kappa shape index (κ2) is 4.08. The molecule has 0 saturated heterocycles. The van der Waals surface area contributed by atoms with Crippen molar-refractivity contribution >= 4 is 12.3 Å². The Kier molecular flexibility index (Phi) is 3.07. The van der Waals surface area contributed by atoms with E-state index in [0.717, 1.165) is 22.7 Å². The first kappa shape index (κ1) is 9.78. The third kappa shape index (κ3) is 2.08. The molecular weight excluding hydrogens is 160 g/mol. The number of pyridine rings is 1. The molecule has 1 atom stereocenters. The fourth-order valence-electron chi connectivity index (χ4n) is 1.19. The fraction of sp³-hybridized carbons (Fsp3) is 0.364. The minimum atomic E-state index is 0.393. The van der Waals surface area contributed by atoms with Crippen LogP contribution in [-0.2, 0) is 0 Å². The molecule has 0 aromatic carbocycles. The van der Waals surface area contributed by atoms with Gasteiger partial charge in [-0.15, -0.1) is 0 Å². The van der Waals surface area contributed by atoms with Crippen LogP contribution >= 0.6 is 0 Å². The standard InChI is InChI=1S/C11H16N2/c1-4-8(2)11(12)10-6-5-7-13-9(10)3/h5-8H,3-4,12H2,1-2H3/b11-10-. The molecule has 1 heterocycles. The van der Waals surface area contributed by atoms with Gasteiger partial charge in [0.15, 0.2) is 0 Å². The Morgan fingerprint density at radius 1 is 1.69 bits per heavy atom. The van der Waals surface area contributed by atoms with Crippen LogP contribution in [0.3, 0.4) is 0 Å². The highest BCUT2D eigenvalue weighted by Gasteiger charge is 2.02. The van der Waals surface area contributed by atoms with Crippen LogP contribution in [0.5, 0.6) is 0 Å². The van der Waals surface area contributed by atoms with Crippen molar-refractivity contribution in [3.8, 4) is 0 Å². The number of nitrogens with zero attached hydrogens (tertiary/aromatic N) is 1. The summed E-state index contributed by atoms with van der Waals surface area (Å²) in [5, 5.41) is 1.75. The molecule has 2 heteroatoms. The number of nitrogens with two attached hydrogens (primary N) is 1. The van der Waals surface area contributed by atoms with E-state index in [9.17, 15) is 0 Å². The summed E-state index contributed by atoms with van der Waals surface area (Å²) in [7, 11) is 0. The fourth-order valence-corrected chi connectivity index (χ4v) is 1.19. The summed E-state index contributed by atoms with van der Waals surface area (Å²) in [6.07, 6.45) is 2.77. The van der Waals surface area contributed by atoms with Crippen LogP contribution in [0, 0.1) is 5.92 Å². The van der Waals surface area contributed by atoms with Gasteiger partial charge in [-0.25, -0.2) is 0 Å². The first-order valence-electron chi connectivity index (χ1n) is 4.56. The maximum Gasteiger partial charge on any atom is 0.0647 e. The van der Waals surface area contributed by atoms with Crippen LogP contribution in [0.1, 0.15) is 20.3 Å². The maximum atomic E-state index is 5.99. The maximum absolute atomic E-state index is 5.99. The monoisotopic (exact) mass is 176 g/mol. The predicted molar refractivity (Wildman–Crippen MR) is 56.1 cm³/mol. The van der Waals surface area contributed by atoms with E-state index in [1.54, 1.807) is 6.20 Å². The van der Waals surface area contributed by atoms with E-state index >= 15 is 0 Å². The highest BCUT2D eigenvalue weighted by atomic mass is 14.7. The van der Waals surface area contributed by atoms with E-state index in [1.165, 1.54) is 0 Å². The first-order valence-corrected chi connectivity index (χ1v) is 4.56. The second-order valence-electron chi connectivity index (χ2n) is 3.26. The lowest BCUT2D eigenvalue weighted by atomic mass is 10.0. The third-order valence-electron chi connectivity index (χ3n) is 2.34. The molecule has 0 aliphatic carbocycles. The van der Waals surface area contributed by atoms with E-state index < -0.39 is 0 Å². The molecule has 0 spiro atoms. The number of rotatable bonds is 2. The van der Waals surface area contributed by atoms with Crippen molar-refractivity contribution in [2.24, 2.45) is 11.7 Å². The molecule has 1 aromatic rings. The highest BCUT2D eigenvalue weighted by molar-refractivity contribution is 5.42. The van der Waals surface area contributed by atoms with Gasteiger partial charge in [0.05, 0.1) is 5.35 Å². The molecule has 0 aliphatic heterocycles. The summed E-state index contributed by atoms with van der Waals surface area (Å²) in [5.41, 5.74) is 6.88. The van der Waals surface area contributed by atoms with Crippen LogP contribution in [0.2, 0.25) is 0 Å². The Hall–Kier alpha value is -1.31. The molecule has 1 rings (SSSR count). The molecular formula is C11H16N2. The Morgan fingerprint density at radius 2 is 2.38 bits per heavy atom. The molecule has 1 aromatic heterocycles. The van der Waals surface area contributed by atoms with Gasteiger partial charge in [-0.2, -0.15) is 0 Å². The number of hydrogen-bond donors (Lipinski definition) is 1. The van der Waals surface area contributed by atoms with Gasteiger partial charge < -0.3 is 5.73 Å². The van der Waals surface area contributed by atoms with Crippen molar-refractivity contribution in [3.05, 3.63) is 28.9 Å². The van der Waals surface area contributed by atoms with E-state index in [-0.39, 0.29) is 0 Å². The lowest BCUT2D eigenvalue weighted by Gasteiger charge is -2.08. The van der Waals surface area contributed by atoms with E-state index in [1.807, 2.05) is 12.1 Å². The van der Waals surface area contributed by atoms with Gasteiger partial charge >= 0.3 is 0 Å². The highest BCUT2D eigenvalue weighted by Crippen LogP contribution is 2.06. The average molecular weight is 176 g/mol. The lowest BCUT2D eigenvalue weighted by molar-refractivity contribution is 0.703. The minimum absolute atomic E-state index is 0.393. The SMILES string of the molecule is C=c1nccc/c1=C(/N)C(C)CC. The zero-order valence-corrected chi connectivity index (χ0v) is 8.25. The molecule has 1 unspecified atom stereocenters. The van der Waals surface area contributed by atoms with Crippen molar-refractivity contribution in [2.75, 3.05) is 0 Å². The van der Waals surface area contributed by atoms with Gasteiger partial charge in [-0.1, -0.05) is 20.4 Å². The number of hydrogen-bond acceptors (Lipinski definition) is 2. The zero-order chi connectivity index (χ0) is 9.84. The van der Waals surface area contributed by atoms with Gasteiger partial charge in [0.1, 0.15) is 0 Å². The quantitative estimate of drug-likeness (QED) is 0.717. The summed E-state index contributed by atoms with van der Waals surface area (Å²) < 4.78 is 0. The van der Waals surface area contributed by atoms with Crippen molar-refractivity contribution in [3.63, 3.8) is 0 Å². The van der Waals surface area contributed by atoms with Crippen molar-refractivity contribution < 1.29 is 0 Å². The minimum Gasteiger partial charge on any atom is -0.401 e. The van der Waals surface area contributed by atoms with Crippen molar-refractivity contribution in [1.29, 1.82) is 0 Å². The van der Waals surface area contributed by atoms with Crippen molar-refractivity contribution in [2.45, 2.75) is 20.3 Å². The van der Waals surface area contributed by atoms with E-state index in [2.05, 4.69) is 25.4 Å². The molecule has 70 valence electrons. The molecule has 0 aliphatic rings. The predicted octanol–water partition coefficient (Wildman–Crippen LogP) is 0.605. The molecule has 0 bridgehead atoms. The largest absolute Gasteiger partial charge is 0.401 e. The number of aromatic nitrogens is 1. The molecule has 0 amide bonds. The van der Waals surface area contributed by atoms with Gasteiger partial charge in [0.2, 0.25) is 0 Å². The Balaban J connectivity index is 3.33. The summed E-state index contributed by atoms with van der Waals surface area (Å²) in [6, 6.07) is 3.86. The normalized spacial score (nSPS) is 15.2. The second-order valence-corrected chi connectivity index (χ2v) is 3.26. The van der Waals surface area contributed by atoms with E-state index in [4.69, 9.17) is 5.73 Å². The van der Waals surface area contributed by atoms with Gasteiger partial charge in [-0.3, -0.25) is 4.98 Å². The van der Waals surface area contributed by atoms with Crippen LogP contribution in [0.15, 0.2) is 18.3 Å². The summed E-state index contributed by atoms with van der Waals surface area (Å²) in [6.45, 7) is 8.08. The summed E-state index contributed by atoms with van der Waals surface area (Å²) in [4.78, 5) is 4.10. The molecule has 0 fully saturated rings. The molecule has 0 saturated carbocycles. The zero-order valence-electron chi connectivity index (χ0n) is 8.25. The average Bonchev–Trinajstić information content (AvgIpc) is 2.16. The van der Waals surface area contributed by atoms with Crippen molar-refractivity contribution in [1.82, 2.24) is 4.98 Å². The van der Waals surface area contributed by atoms with Gasteiger partial charge in [0.25, 0.3) is 0 Å². The topological polar surface area (TPSA) is 38.9 Å². The molecule has 2 nitrogen and oxygen atoms in total. The van der Waals surface area contributed by atoms with Crippen LogP contribution < -0.4 is 16.3 Å². The van der Waals surface area contributed by atoms with Crippen LogP contribution in [0.4, 0.5) is 0 Å². The lowest BCUT2D eigenvalue weighted by Crippen LogP contribution is -2.32. The van der Waals surface area contributed by atoms with E-state index in [0.29, 0.717) is 5.92 Å². The third-order valence-corrected chi connectivity index (χ3v) is 2.34. The smallest absolute Gasteiger partial charge is 0.0647 e. The van der Waals surface area contributed by atoms with Gasteiger partial charge in [0, 0.05) is 17.1 Å². The molecule has 13 heavy (non-hydrogen) atoms.